The van der Waals surface area contributed by atoms with Gasteiger partial charge in [0.2, 0.25) is 0 Å². The second-order valence-corrected chi connectivity index (χ2v) is 8.67. The first-order valence-corrected chi connectivity index (χ1v) is 10.9. The number of amides is 1. The Morgan fingerprint density at radius 3 is 2.87 bits per heavy atom. The average Bonchev–Trinajstić information content (AvgIpc) is 3.12. The number of nitrogens with zero attached hydrogens (tertiary/aromatic N) is 1. The van der Waals surface area contributed by atoms with E-state index in [1.807, 2.05) is 0 Å². The summed E-state index contributed by atoms with van der Waals surface area (Å²) < 4.78 is 30.5. The highest BCUT2D eigenvalue weighted by molar-refractivity contribution is 5.95. The molecule has 5 rings (SSSR count). The maximum atomic E-state index is 13.0. The quantitative estimate of drug-likeness (QED) is 0.770. The van der Waals surface area contributed by atoms with Crippen molar-refractivity contribution in [3.05, 3.63) is 59.4 Å². The Bertz CT molecular complexity index is 924. The van der Waals surface area contributed by atoms with Crippen LogP contribution < -0.4 is 14.8 Å². The second-order valence-electron chi connectivity index (χ2n) is 8.67. The van der Waals surface area contributed by atoms with Gasteiger partial charge in [0.1, 0.15) is 12.4 Å². The Balaban J connectivity index is 1.15. The summed E-state index contributed by atoms with van der Waals surface area (Å²) in [6.45, 7) is 4.33. The van der Waals surface area contributed by atoms with E-state index in [2.05, 4.69) is 10.2 Å². The Morgan fingerprint density at radius 1 is 1.16 bits per heavy atom. The van der Waals surface area contributed by atoms with Gasteiger partial charge >= 0.3 is 0 Å². The standard InChI is InChI=1S/C24H27FN2O4/c25-19-4-1-16(2-5-19)13-29-14-21-15-30-22-6-3-18(10-23(22)31-21)24(28)26-20-9-17-7-8-27(11-17)12-20/h1-6,10,17,20-21H,7-9,11-15H2,(H,26,28)/t17-,20+,21+/m0/s1. The number of carbonyl (C=O) groups excluding carboxylic acids is 1. The van der Waals surface area contributed by atoms with Gasteiger partial charge in [-0.25, -0.2) is 4.39 Å². The fourth-order valence-electron chi connectivity index (χ4n) is 4.66. The van der Waals surface area contributed by atoms with Crippen LogP contribution in [0.3, 0.4) is 0 Å². The number of ether oxygens (including phenoxy) is 3. The van der Waals surface area contributed by atoms with Crippen LogP contribution in [0.15, 0.2) is 42.5 Å². The number of carbonyl (C=O) groups is 1. The lowest BCUT2D eigenvalue weighted by molar-refractivity contribution is 0.00266. The third-order valence-corrected chi connectivity index (χ3v) is 6.21. The molecule has 4 atom stereocenters. The molecule has 0 saturated carbocycles. The smallest absolute Gasteiger partial charge is 0.251 e. The van der Waals surface area contributed by atoms with Crippen molar-refractivity contribution in [2.45, 2.75) is 31.6 Å². The molecule has 6 nitrogen and oxygen atoms in total. The average molecular weight is 426 g/mol. The van der Waals surface area contributed by atoms with E-state index in [0.29, 0.717) is 42.8 Å². The Morgan fingerprint density at radius 2 is 2.03 bits per heavy atom. The van der Waals surface area contributed by atoms with Crippen molar-refractivity contribution in [1.82, 2.24) is 10.2 Å². The first-order chi connectivity index (χ1) is 15.1. The fraction of sp³-hybridized carbons (Fsp3) is 0.458. The topological polar surface area (TPSA) is 60.0 Å². The minimum Gasteiger partial charge on any atom is -0.486 e. The summed E-state index contributed by atoms with van der Waals surface area (Å²) in [6.07, 6.45) is 2.02. The molecule has 164 valence electrons. The fourth-order valence-corrected chi connectivity index (χ4v) is 4.66. The van der Waals surface area contributed by atoms with Crippen LogP contribution in [0.2, 0.25) is 0 Å². The number of piperidine rings is 1. The molecular weight excluding hydrogens is 399 g/mol. The lowest BCUT2D eigenvalue weighted by Gasteiger charge is -2.30. The van der Waals surface area contributed by atoms with Gasteiger partial charge in [0.05, 0.1) is 13.2 Å². The molecule has 0 aliphatic carbocycles. The van der Waals surface area contributed by atoms with Gasteiger partial charge < -0.3 is 24.4 Å². The van der Waals surface area contributed by atoms with Gasteiger partial charge in [0.25, 0.3) is 5.91 Å². The van der Waals surface area contributed by atoms with Gasteiger partial charge in [-0.05, 0) is 61.2 Å². The molecule has 1 unspecified atom stereocenters. The van der Waals surface area contributed by atoms with E-state index in [1.165, 1.54) is 25.1 Å². The summed E-state index contributed by atoms with van der Waals surface area (Å²) in [5.41, 5.74) is 1.47. The van der Waals surface area contributed by atoms with Crippen LogP contribution >= 0.6 is 0 Å². The molecule has 3 aliphatic heterocycles. The van der Waals surface area contributed by atoms with E-state index in [9.17, 15) is 9.18 Å². The predicted octanol–water partition coefficient (Wildman–Crippen LogP) is 3.01. The molecule has 1 N–H and O–H groups in total. The zero-order valence-electron chi connectivity index (χ0n) is 17.4. The first kappa shape index (κ1) is 20.3. The minimum absolute atomic E-state index is 0.0754. The van der Waals surface area contributed by atoms with Crippen molar-refractivity contribution in [2.24, 2.45) is 5.92 Å². The zero-order valence-corrected chi connectivity index (χ0v) is 17.4. The third kappa shape index (κ3) is 4.83. The van der Waals surface area contributed by atoms with Gasteiger partial charge in [-0.15, -0.1) is 0 Å². The summed E-state index contributed by atoms with van der Waals surface area (Å²) in [4.78, 5) is 15.2. The summed E-state index contributed by atoms with van der Waals surface area (Å²) in [6, 6.07) is 11.7. The molecule has 0 spiro atoms. The number of rotatable bonds is 6. The Labute approximate surface area is 181 Å². The lowest BCUT2D eigenvalue weighted by Crippen LogP contribution is -2.47. The number of hydrogen-bond donors (Lipinski definition) is 1. The normalized spacial score (nSPS) is 26.5. The first-order valence-electron chi connectivity index (χ1n) is 10.9. The van der Waals surface area contributed by atoms with Gasteiger partial charge in [0, 0.05) is 24.7 Å². The largest absolute Gasteiger partial charge is 0.486 e. The van der Waals surface area contributed by atoms with Crippen LogP contribution in [0.25, 0.3) is 0 Å². The van der Waals surface area contributed by atoms with E-state index < -0.39 is 0 Å². The van der Waals surface area contributed by atoms with Crippen LogP contribution in [0, 0.1) is 11.7 Å². The van der Waals surface area contributed by atoms with Crippen LogP contribution in [-0.2, 0) is 11.3 Å². The van der Waals surface area contributed by atoms with Gasteiger partial charge in [-0.3, -0.25) is 4.79 Å². The molecule has 1 amide bonds. The van der Waals surface area contributed by atoms with Gasteiger partial charge in [-0.1, -0.05) is 12.1 Å². The molecule has 2 aromatic carbocycles. The Hall–Kier alpha value is -2.64. The van der Waals surface area contributed by atoms with E-state index >= 15 is 0 Å². The van der Waals surface area contributed by atoms with Crippen molar-refractivity contribution in [3.8, 4) is 11.5 Å². The van der Waals surface area contributed by atoms with Crippen molar-refractivity contribution in [3.63, 3.8) is 0 Å². The zero-order chi connectivity index (χ0) is 21.2. The molecule has 3 aliphatic rings. The highest BCUT2D eigenvalue weighted by Gasteiger charge is 2.33. The molecule has 3 heterocycles. The van der Waals surface area contributed by atoms with Crippen molar-refractivity contribution in [2.75, 3.05) is 32.8 Å². The minimum atomic E-state index is -0.270. The highest BCUT2D eigenvalue weighted by atomic mass is 19.1. The molecule has 2 fully saturated rings. The molecule has 2 bridgehead atoms. The van der Waals surface area contributed by atoms with Gasteiger partial charge in [-0.2, -0.15) is 0 Å². The third-order valence-electron chi connectivity index (χ3n) is 6.21. The molecule has 7 heteroatoms. The SMILES string of the molecule is O=C(N[C@@H]1C[C@@H]2CCN(C2)C1)c1ccc2c(c1)O[C@H](COCc1ccc(F)cc1)CO2. The lowest BCUT2D eigenvalue weighted by atomic mass is 9.96. The molecule has 2 saturated heterocycles. The van der Waals surface area contributed by atoms with Crippen molar-refractivity contribution in [1.29, 1.82) is 0 Å². The monoisotopic (exact) mass is 426 g/mol. The summed E-state index contributed by atoms with van der Waals surface area (Å²) >= 11 is 0. The molecular formula is C24H27FN2O4. The van der Waals surface area contributed by atoms with Crippen LogP contribution in [-0.4, -0.2) is 55.8 Å². The van der Waals surface area contributed by atoms with E-state index in [4.69, 9.17) is 14.2 Å². The maximum absolute atomic E-state index is 13.0. The molecule has 31 heavy (non-hydrogen) atoms. The second kappa shape index (κ2) is 8.85. The predicted molar refractivity (Wildman–Crippen MR) is 113 cm³/mol. The molecule has 0 radical (unpaired) electrons. The number of fused-ring (bicyclic) bond motifs is 3. The number of halogens is 1. The number of hydrogen-bond acceptors (Lipinski definition) is 5. The van der Waals surface area contributed by atoms with Crippen LogP contribution in [0.1, 0.15) is 28.8 Å². The summed E-state index contributed by atoms with van der Waals surface area (Å²) in [7, 11) is 0. The number of nitrogens with one attached hydrogen (secondary N) is 1. The maximum Gasteiger partial charge on any atom is 0.251 e. The number of benzene rings is 2. The summed E-state index contributed by atoms with van der Waals surface area (Å²) in [5, 5.41) is 3.18. The van der Waals surface area contributed by atoms with Crippen molar-refractivity contribution < 1.29 is 23.4 Å². The van der Waals surface area contributed by atoms with Crippen LogP contribution in [0.5, 0.6) is 11.5 Å². The highest BCUT2D eigenvalue weighted by Crippen LogP contribution is 2.33. The van der Waals surface area contributed by atoms with E-state index in [1.54, 1.807) is 30.3 Å². The van der Waals surface area contributed by atoms with E-state index in [-0.39, 0.29) is 23.9 Å². The Kier molecular flexibility index (Phi) is 5.78. The van der Waals surface area contributed by atoms with Crippen LogP contribution in [0.4, 0.5) is 4.39 Å². The van der Waals surface area contributed by atoms with Crippen molar-refractivity contribution >= 4 is 5.91 Å². The molecule has 2 aromatic rings. The summed E-state index contributed by atoms with van der Waals surface area (Å²) in [5.74, 6) is 1.55. The van der Waals surface area contributed by atoms with Gasteiger partial charge in [0.15, 0.2) is 17.6 Å². The van der Waals surface area contributed by atoms with E-state index in [0.717, 1.165) is 25.1 Å². The molecule has 0 aromatic heterocycles.